The summed E-state index contributed by atoms with van der Waals surface area (Å²) in [7, 11) is 0.909. The Morgan fingerprint density at radius 1 is 1.00 bits per heavy atom. The molecule has 0 aromatic carbocycles. The van der Waals surface area contributed by atoms with Crippen LogP contribution >= 0.6 is 0 Å². The number of hydrogen-bond donors (Lipinski definition) is 0. The third-order valence-corrected chi connectivity index (χ3v) is 1.38. The maximum absolute atomic E-state index is 6.00. The number of nitrogens with zero attached hydrogens (tertiary/aromatic N) is 2. The molecule has 0 aromatic rings. The summed E-state index contributed by atoms with van der Waals surface area (Å²) < 4.78 is 0. The van der Waals surface area contributed by atoms with Crippen LogP contribution in [0.25, 0.3) is 0 Å². The van der Waals surface area contributed by atoms with Gasteiger partial charge in [0.25, 0.3) is 0 Å². The van der Waals surface area contributed by atoms with E-state index in [0.29, 0.717) is 0 Å². The molecule has 39 valence electrons. The summed E-state index contributed by atoms with van der Waals surface area (Å²) in [5.74, 6) is 0. The van der Waals surface area contributed by atoms with E-state index in [2.05, 4.69) is 23.5 Å². The van der Waals surface area contributed by atoms with E-state index in [9.17, 15) is 0 Å². The van der Waals surface area contributed by atoms with Crippen LogP contribution in [0.15, 0.2) is 23.9 Å². The smallest absolute Gasteiger partial charge is 0.0505 e. The average Bonchev–Trinajstić information content (AvgIpc) is 1.96. The van der Waals surface area contributed by atoms with E-state index < -0.39 is 0 Å². The van der Waals surface area contributed by atoms with E-state index in [1.807, 2.05) is 6.08 Å². The van der Waals surface area contributed by atoms with Gasteiger partial charge in [0, 0.05) is 10.8 Å². The van der Waals surface area contributed by atoms with Crippen LogP contribution in [0, 0.1) is 10.8 Å². The maximum Gasteiger partial charge on any atom is 0.0505 e. The fourth-order valence-corrected chi connectivity index (χ4v) is 0.897. The van der Waals surface area contributed by atoms with E-state index in [-0.39, 0.29) is 0 Å². The average molecular weight is 121 g/mol. The van der Waals surface area contributed by atoms with Crippen LogP contribution in [0.1, 0.15) is 0 Å². The Morgan fingerprint density at radius 3 is 1.88 bits per heavy atom. The molecule has 1 heterocycles. The van der Waals surface area contributed by atoms with Crippen molar-refractivity contribution in [2.24, 2.45) is 0 Å². The van der Waals surface area contributed by atoms with E-state index >= 15 is 0 Å². The fraction of sp³-hybridized carbons (Fsp3) is 0. The quantitative estimate of drug-likeness (QED) is 0.348. The minimum absolute atomic E-state index is 0.909. The zero-order chi connectivity index (χ0) is 6.24. The van der Waals surface area contributed by atoms with Crippen molar-refractivity contribution in [2.45, 2.75) is 0 Å². The molecule has 0 atom stereocenters. The molecule has 0 saturated carbocycles. The molecule has 3 heteroatoms. The first-order chi connectivity index (χ1) is 4.00. The topological polar surface area (TPSA) is 47.6 Å². The summed E-state index contributed by atoms with van der Waals surface area (Å²) >= 11 is 0. The number of allylic oxidation sites excluding steroid dienone is 3. The molecule has 0 saturated heterocycles. The van der Waals surface area contributed by atoms with Crippen LogP contribution < -0.4 is 0 Å². The summed E-state index contributed by atoms with van der Waals surface area (Å²) in [5.41, 5.74) is 4.31. The third-order valence-electron chi connectivity index (χ3n) is 0.607. The Hall–Kier alpha value is -1.01. The Kier molecular flexibility index (Phi) is 5.23. The summed E-state index contributed by atoms with van der Waals surface area (Å²) in [4.78, 5) is 0. The van der Waals surface area contributed by atoms with Crippen molar-refractivity contribution in [2.75, 3.05) is 0 Å². The van der Waals surface area contributed by atoms with Gasteiger partial charge in [-0.25, -0.2) is 0 Å². The third kappa shape index (κ3) is 3.19. The largest absolute Gasteiger partial charge is 0.0772 e. The lowest BCUT2D eigenvalue weighted by Gasteiger charge is -1.76. The van der Waals surface area contributed by atoms with Crippen molar-refractivity contribution < 1.29 is 0 Å². The second-order valence-corrected chi connectivity index (χ2v) is 2.08. The molecule has 2 nitrogen and oxygen atoms in total. The van der Waals surface area contributed by atoms with Crippen molar-refractivity contribution in [1.82, 2.24) is 0 Å². The van der Waals surface area contributed by atoms with Crippen LogP contribution in [-0.2, 0) is 0 Å². The molecule has 0 unspecified atom stereocenters. The van der Waals surface area contributed by atoms with Gasteiger partial charge in [-0.1, -0.05) is 29.6 Å². The monoisotopic (exact) mass is 121 g/mol. The van der Waals surface area contributed by atoms with Crippen LogP contribution in [0.5, 0.6) is 0 Å². The lowest BCUT2D eigenvalue weighted by molar-refractivity contribution is 1.15. The minimum Gasteiger partial charge on any atom is -0.0772 e. The highest BCUT2D eigenvalue weighted by molar-refractivity contribution is 6.54. The zero-order valence-corrected chi connectivity index (χ0v) is 5.28. The highest BCUT2D eigenvalue weighted by Crippen LogP contribution is 1.74. The van der Waals surface area contributed by atoms with Crippen LogP contribution in [0.4, 0.5) is 0 Å². The van der Waals surface area contributed by atoms with Gasteiger partial charge in [0.05, 0.1) is 9.13 Å². The normalized spacial score (nSPS) is 12.2. The second kappa shape index (κ2) is 5.99. The van der Waals surface area contributed by atoms with Crippen LogP contribution in [0.3, 0.4) is 0 Å². The Bertz CT molecular complexity index is 108. The van der Waals surface area contributed by atoms with Gasteiger partial charge >= 0.3 is 0 Å². The van der Waals surface area contributed by atoms with Crippen molar-refractivity contribution in [1.29, 1.82) is 10.8 Å². The first-order valence-electron chi connectivity index (χ1n) is 2.11. The molecular formula is C5H5N2Si. The van der Waals surface area contributed by atoms with Crippen LogP contribution in [-0.4, -0.2) is 14.8 Å². The van der Waals surface area contributed by atoms with Gasteiger partial charge in [-0.15, -0.1) is 0 Å². The molecule has 0 fully saturated rings. The SMILES string of the molecule is C1=CC=[Si]C=C1.N#N. The molecule has 1 aliphatic rings. The molecule has 1 radical (unpaired) electrons. The van der Waals surface area contributed by atoms with Crippen molar-refractivity contribution in [3.8, 4) is 0 Å². The molecule has 0 aliphatic carbocycles. The van der Waals surface area contributed by atoms with E-state index in [1.165, 1.54) is 0 Å². The van der Waals surface area contributed by atoms with Gasteiger partial charge in [-0.3, -0.25) is 0 Å². The summed E-state index contributed by atoms with van der Waals surface area (Å²) in [6, 6.07) is 0. The van der Waals surface area contributed by atoms with Gasteiger partial charge in [0.15, 0.2) is 0 Å². The molecule has 0 amide bonds. The lowest BCUT2D eigenvalue weighted by atomic mass is 10.5. The standard InChI is InChI=1S/C5H5Si.N2/c1-2-4-6-5-3-1;1-2/h1-5H;. The lowest BCUT2D eigenvalue weighted by Crippen LogP contribution is -1.76. The molecule has 0 aromatic heterocycles. The number of rotatable bonds is 0. The van der Waals surface area contributed by atoms with E-state index in [4.69, 9.17) is 10.8 Å². The van der Waals surface area contributed by atoms with Crippen molar-refractivity contribution in [3.63, 3.8) is 0 Å². The van der Waals surface area contributed by atoms with Gasteiger partial charge in [-0.05, 0) is 0 Å². The molecule has 0 spiro atoms. The Morgan fingerprint density at radius 2 is 1.75 bits per heavy atom. The highest BCUT2D eigenvalue weighted by atomic mass is 28.2. The Labute approximate surface area is 50.4 Å². The van der Waals surface area contributed by atoms with Gasteiger partial charge in [0.2, 0.25) is 0 Å². The predicted molar refractivity (Wildman–Crippen MR) is 33.5 cm³/mol. The fourth-order valence-electron chi connectivity index (χ4n) is 0.342. The molecular weight excluding hydrogens is 116 g/mol. The summed E-state index contributed by atoms with van der Waals surface area (Å²) in [6.07, 6.45) is 6.17. The van der Waals surface area contributed by atoms with E-state index in [0.717, 1.165) is 9.13 Å². The maximum atomic E-state index is 6.00. The predicted octanol–water partition coefficient (Wildman–Crippen LogP) is 0.606. The first kappa shape index (κ1) is 6.99. The second-order valence-electron chi connectivity index (χ2n) is 1.08. The molecule has 0 bridgehead atoms. The molecule has 1 rings (SSSR count). The molecule has 1 aliphatic heterocycles. The zero-order valence-electron chi connectivity index (χ0n) is 4.28. The van der Waals surface area contributed by atoms with Crippen molar-refractivity contribution in [3.05, 3.63) is 23.9 Å². The van der Waals surface area contributed by atoms with Crippen LogP contribution in [0.2, 0.25) is 0 Å². The number of hydrogen-bond acceptors (Lipinski definition) is 2. The van der Waals surface area contributed by atoms with Gasteiger partial charge in [-0.2, -0.15) is 0 Å². The summed E-state index contributed by atoms with van der Waals surface area (Å²) in [5, 5.41) is 12.0. The molecule has 0 N–H and O–H groups in total. The first-order valence-corrected chi connectivity index (χ1v) is 3.27. The van der Waals surface area contributed by atoms with Gasteiger partial charge < -0.3 is 0 Å². The van der Waals surface area contributed by atoms with E-state index in [1.54, 1.807) is 0 Å². The highest BCUT2D eigenvalue weighted by Gasteiger charge is 1.66. The minimum atomic E-state index is 0.909. The Balaban J connectivity index is 0.000000222. The molecule has 8 heavy (non-hydrogen) atoms. The van der Waals surface area contributed by atoms with Gasteiger partial charge in [0.1, 0.15) is 0 Å². The van der Waals surface area contributed by atoms with Crippen molar-refractivity contribution >= 4 is 14.8 Å². The summed E-state index contributed by atoms with van der Waals surface area (Å²) in [6.45, 7) is 0.